The molecule has 1 heterocycles. The van der Waals surface area contributed by atoms with Crippen LogP contribution < -0.4 is 18.4 Å². The zero-order valence-corrected chi connectivity index (χ0v) is 11.2. The van der Waals surface area contributed by atoms with Gasteiger partial charge >= 0.3 is 0 Å². The van der Waals surface area contributed by atoms with Crippen LogP contribution in [0, 0.1) is 0 Å². The number of hydrogen-bond donors (Lipinski definition) is 2. The van der Waals surface area contributed by atoms with Gasteiger partial charge in [0.25, 0.3) is 0 Å². The third kappa shape index (κ3) is 2.51. The van der Waals surface area contributed by atoms with Crippen LogP contribution in [0.15, 0.2) is 9.98 Å². The van der Waals surface area contributed by atoms with Crippen LogP contribution in [0.3, 0.4) is 0 Å². The first kappa shape index (κ1) is 12.9. The van der Waals surface area contributed by atoms with Gasteiger partial charge in [-0.3, -0.25) is 9.98 Å². The van der Waals surface area contributed by atoms with E-state index in [0.717, 1.165) is 9.34 Å². The van der Waals surface area contributed by atoms with Crippen LogP contribution in [0.4, 0.5) is 0 Å². The molecule has 0 aliphatic carbocycles. The minimum absolute atomic E-state index is 0.201. The summed E-state index contributed by atoms with van der Waals surface area (Å²) in [5, 5.41) is 19.1. The first-order valence-corrected chi connectivity index (χ1v) is 6.24. The van der Waals surface area contributed by atoms with E-state index in [0.29, 0.717) is 9.06 Å². The normalized spacial score (nSPS) is 17.5. The molecule has 4 nitrogen and oxygen atoms in total. The van der Waals surface area contributed by atoms with Crippen LogP contribution in [0.2, 0.25) is 0 Å². The maximum atomic E-state index is 9.56. The Balaban J connectivity index is 4.11. The molecule has 0 unspecified atom stereocenters. The van der Waals surface area contributed by atoms with Gasteiger partial charge < -0.3 is 10.2 Å². The molecule has 16 heavy (non-hydrogen) atoms. The molecule has 0 amide bonds. The van der Waals surface area contributed by atoms with Crippen molar-refractivity contribution in [3.8, 4) is 0 Å². The summed E-state index contributed by atoms with van der Waals surface area (Å²) in [5.74, 6) is 0.402. The Morgan fingerprint density at radius 3 is 1.50 bits per heavy atom. The van der Waals surface area contributed by atoms with Crippen molar-refractivity contribution in [3.63, 3.8) is 0 Å². The lowest BCUT2D eigenvalue weighted by Gasteiger charge is -1.94. The van der Waals surface area contributed by atoms with Crippen molar-refractivity contribution in [1.29, 1.82) is 0 Å². The monoisotopic (exact) mass is 258 g/mol. The maximum Gasteiger partial charge on any atom is 0.132 e. The second kappa shape index (κ2) is 5.27. The van der Waals surface area contributed by atoms with Crippen LogP contribution in [0.25, 0.3) is 11.5 Å². The first-order valence-electron chi connectivity index (χ1n) is 4.61. The molecule has 2 N–H and O–H groups in total. The average Bonchev–Trinajstić information content (AvgIpc) is 2.26. The summed E-state index contributed by atoms with van der Waals surface area (Å²) >= 11 is 2.64. The van der Waals surface area contributed by atoms with Crippen molar-refractivity contribution in [1.82, 2.24) is 0 Å². The quantitative estimate of drug-likeness (QED) is 0.700. The molecule has 0 aliphatic rings. The van der Waals surface area contributed by atoms with Gasteiger partial charge in [0.05, 0.1) is 0 Å². The fourth-order valence-electron chi connectivity index (χ4n) is 1.13. The van der Waals surface area contributed by atoms with E-state index in [1.165, 1.54) is 22.7 Å². The van der Waals surface area contributed by atoms with E-state index in [2.05, 4.69) is 9.98 Å². The molecule has 1 aromatic rings. The summed E-state index contributed by atoms with van der Waals surface area (Å²) in [6.45, 7) is 3.21. The van der Waals surface area contributed by atoms with E-state index < -0.39 is 0 Å². The van der Waals surface area contributed by atoms with Crippen LogP contribution in [-0.4, -0.2) is 24.3 Å². The van der Waals surface area contributed by atoms with Crippen molar-refractivity contribution in [2.75, 3.05) is 14.1 Å². The first-order chi connectivity index (χ1) is 7.51. The molecule has 0 saturated heterocycles. The average molecular weight is 258 g/mol. The lowest BCUT2D eigenvalue weighted by molar-refractivity contribution is 0.499. The molecule has 0 bridgehead atoms. The van der Waals surface area contributed by atoms with Gasteiger partial charge in [0, 0.05) is 14.1 Å². The molecule has 0 atom stereocenters. The van der Waals surface area contributed by atoms with E-state index in [1.807, 2.05) is 0 Å². The number of rotatable bonds is 0. The molecule has 6 heteroatoms. The summed E-state index contributed by atoms with van der Waals surface area (Å²) in [6, 6.07) is 0. The lowest BCUT2D eigenvalue weighted by atomic mass is 10.6. The molecule has 1 rings (SSSR count). The smallest absolute Gasteiger partial charge is 0.132 e. The van der Waals surface area contributed by atoms with Gasteiger partial charge in [0.2, 0.25) is 0 Å². The van der Waals surface area contributed by atoms with Gasteiger partial charge in [-0.2, -0.15) is 0 Å². The Hall–Kier alpha value is -1.14. The molecule has 88 valence electrons. The van der Waals surface area contributed by atoms with E-state index >= 15 is 0 Å². The molecular weight excluding hydrogens is 244 g/mol. The second-order valence-electron chi connectivity index (χ2n) is 3.09. The number of hydrogen-bond acceptors (Lipinski definition) is 6. The van der Waals surface area contributed by atoms with Gasteiger partial charge in [0.15, 0.2) is 0 Å². The molecule has 0 aromatic carbocycles. The minimum Gasteiger partial charge on any atom is -0.511 e. The maximum absolute atomic E-state index is 9.56. The number of aliphatic hydroxyl groups excluding tert-OH is 2. The fraction of sp³-hybridized carbons (Fsp3) is 0.400. The van der Waals surface area contributed by atoms with Gasteiger partial charge in [-0.15, -0.1) is 11.3 Å². The van der Waals surface area contributed by atoms with Crippen molar-refractivity contribution >= 4 is 34.2 Å². The Labute approximate surface area is 101 Å². The predicted molar refractivity (Wildman–Crippen MR) is 67.8 cm³/mol. The van der Waals surface area contributed by atoms with Gasteiger partial charge in [-0.05, 0) is 13.8 Å². The van der Waals surface area contributed by atoms with Crippen LogP contribution in [-0.2, 0) is 0 Å². The highest BCUT2D eigenvalue weighted by molar-refractivity contribution is 7.14. The standard InChI is InChI=1S/C10H14N2O2S2/c1-5(13)7-9(11-3)16-10(12-4)8(15-7)6(2)14/h13-14H,1-4H3/b7-5-,8-6+,11-9?,12-10?. The Morgan fingerprint density at radius 1 is 0.875 bits per heavy atom. The van der Waals surface area contributed by atoms with Crippen LogP contribution in [0.1, 0.15) is 13.8 Å². The van der Waals surface area contributed by atoms with E-state index in [-0.39, 0.29) is 11.5 Å². The Morgan fingerprint density at radius 2 is 1.25 bits per heavy atom. The van der Waals surface area contributed by atoms with Gasteiger partial charge in [0.1, 0.15) is 29.9 Å². The zero-order valence-electron chi connectivity index (χ0n) is 9.61. The Kier molecular flexibility index (Phi) is 4.26. The summed E-state index contributed by atoms with van der Waals surface area (Å²) in [4.78, 5) is 8.20. The highest BCUT2D eigenvalue weighted by Crippen LogP contribution is 1.85. The molecule has 0 radical (unpaired) electrons. The highest BCUT2D eigenvalue weighted by atomic mass is 32.1. The second-order valence-corrected chi connectivity index (χ2v) is 5.09. The topological polar surface area (TPSA) is 65.2 Å². The predicted octanol–water partition coefficient (Wildman–Crippen LogP) is 0.243. The van der Waals surface area contributed by atoms with E-state index in [1.54, 1.807) is 27.9 Å². The summed E-state index contributed by atoms with van der Waals surface area (Å²) in [7, 11) is 3.33. The molecule has 0 fully saturated rings. The molecule has 0 saturated carbocycles. The van der Waals surface area contributed by atoms with E-state index in [4.69, 9.17) is 0 Å². The summed E-state index contributed by atoms with van der Waals surface area (Å²) < 4.78 is 2.78. The van der Waals surface area contributed by atoms with Crippen LogP contribution in [0.5, 0.6) is 0 Å². The summed E-state index contributed by atoms with van der Waals surface area (Å²) in [6.07, 6.45) is 0. The largest absolute Gasteiger partial charge is 0.511 e. The van der Waals surface area contributed by atoms with Crippen molar-refractivity contribution < 1.29 is 10.2 Å². The van der Waals surface area contributed by atoms with E-state index in [9.17, 15) is 10.2 Å². The van der Waals surface area contributed by atoms with Crippen molar-refractivity contribution in [3.05, 3.63) is 18.4 Å². The number of nitrogens with zero attached hydrogens (tertiary/aromatic N) is 2. The molecule has 1 aromatic heterocycles. The molecule has 0 spiro atoms. The SMILES string of the molecule is CN=c1sc(=NC)/c(=C(/C)O)s/c1=C(/C)O. The highest BCUT2D eigenvalue weighted by Gasteiger charge is 1.99. The zero-order chi connectivity index (χ0) is 12.3. The third-order valence-corrected chi connectivity index (χ3v) is 4.65. The summed E-state index contributed by atoms with van der Waals surface area (Å²) in [5.41, 5.74) is 0. The third-order valence-electron chi connectivity index (χ3n) is 1.85. The van der Waals surface area contributed by atoms with Gasteiger partial charge in [-0.1, -0.05) is 11.3 Å². The number of aliphatic hydroxyl groups is 2. The molecular formula is C10H14N2O2S2. The lowest BCUT2D eigenvalue weighted by Crippen LogP contribution is -2.35. The Bertz CT molecular complexity index is 577. The molecule has 0 aliphatic heterocycles. The van der Waals surface area contributed by atoms with Crippen molar-refractivity contribution in [2.24, 2.45) is 9.98 Å². The minimum atomic E-state index is 0.201. The fourth-order valence-corrected chi connectivity index (χ4v) is 3.33. The van der Waals surface area contributed by atoms with Crippen LogP contribution >= 0.6 is 22.7 Å². The van der Waals surface area contributed by atoms with Gasteiger partial charge in [-0.25, -0.2) is 0 Å². The van der Waals surface area contributed by atoms with Crippen molar-refractivity contribution in [2.45, 2.75) is 13.8 Å².